The zero-order valence-electron chi connectivity index (χ0n) is 33.8. The van der Waals surface area contributed by atoms with Crippen LogP contribution in [0.15, 0.2) is 206 Å². The first kappa shape index (κ1) is 34.2. The number of para-hydroxylation sites is 3. The minimum Gasteiger partial charge on any atom is -0.456 e. The van der Waals surface area contributed by atoms with Crippen LogP contribution in [0.3, 0.4) is 0 Å². The SMILES string of the molecule is c1ccc(-c2nc(-n3c4ccc(-c5ccc6c(c5)c5c7ccccc7ccc5n6-c5ccccc5)cc4c4c5cccc6c5c(cc43)Oc3ccccc3-6)nc3ccccc23)cc1. The summed E-state index contributed by atoms with van der Waals surface area (Å²) in [5.41, 5.74) is 12.9. The molecule has 292 valence electrons. The van der Waals surface area contributed by atoms with Crippen molar-refractivity contribution in [1.29, 1.82) is 0 Å². The highest BCUT2D eigenvalue weighted by atomic mass is 16.5. The highest BCUT2D eigenvalue weighted by Crippen LogP contribution is 2.51. The molecular formula is C58H34N4O. The molecule has 0 fully saturated rings. The molecule has 0 aliphatic carbocycles. The molecule has 10 aromatic carbocycles. The quantitative estimate of drug-likeness (QED) is 0.178. The number of hydrogen-bond acceptors (Lipinski definition) is 3. The lowest BCUT2D eigenvalue weighted by molar-refractivity contribution is 0.487. The minimum atomic E-state index is 0.612. The predicted molar refractivity (Wildman–Crippen MR) is 260 cm³/mol. The predicted octanol–water partition coefficient (Wildman–Crippen LogP) is 15.2. The van der Waals surface area contributed by atoms with Crippen LogP contribution in [0.1, 0.15) is 0 Å². The molecule has 5 heteroatoms. The van der Waals surface area contributed by atoms with E-state index in [-0.39, 0.29) is 0 Å². The summed E-state index contributed by atoms with van der Waals surface area (Å²) in [7, 11) is 0. The van der Waals surface area contributed by atoms with E-state index in [2.05, 4.69) is 197 Å². The highest BCUT2D eigenvalue weighted by Gasteiger charge is 2.26. The Morgan fingerprint density at radius 3 is 1.81 bits per heavy atom. The number of aromatic nitrogens is 4. The van der Waals surface area contributed by atoms with Gasteiger partial charge in [0.25, 0.3) is 0 Å². The summed E-state index contributed by atoms with van der Waals surface area (Å²) in [6.07, 6.45) is 0. The van der Waals surface area contributed by atoms with Crippen molar-refractivity contribution in [2.24, 2.45) is 0 Å². The van der Waals surface area contributed by atoms with Crippen molar-refractivity contribution in [2.45, 2.75) is 0 Å². The first-order chi connectivity index (χ1) is 31.2. The molecule has 0 saturated heterocycles. The van der Waals surface area contributed by atoms with E-state index in [9.17, 15) is 0 Å². The summed E-state index contributed by atoms with van der Waals surface area (Å²) < 4.78 is 11.4. The lowest BCUT2D eigenvalue weighted by Gasteiger charge is -2.22. The molecule has 4 heterocycles. The number of ether oxygens (including phenoxy) is 1. The van der Waals surface area contributed by atoms with E-state index in [4.69, 9.17) is 14.7 Å². The van der Waals surface area contributed by atoms with Gasteiger partial charge in [-0.05, 0) is 87.4 Å². The third kappa shape index (κ3) is 4.93. The second-order valence-electron chi connectivity index (χ2n) is 16.5. The van der Waals surface area contributed by atoms with Crippen molar-refractivity contribution in [3.05, 3.63) is 206 Å². The van der Waals surface area contributed by atoms with Gasteiger partial charge in [-0.3, -0.25) is 4.57 Å². The Bertz CT molecular complexity index is 4050. The van der Waals surface area contributed by atoms with Gasteiger partial charge in [-0.1, -0.05) is 146 Å². The van der Waals surface area contributed by atoms with Crippen LogP contribution in [0, 0.1) is 0 Å². The van der Waals surface area contributed by atoms with Gasteiger partial charge < -0.3 is 9.30 Å². The number of hydrogen-bond donors (Lipinski definition) is 0. The zero-order valence-corrected chi connectivity index (χ0v) is 33.8. The van der Waals surface area contributed by atoms with E-state index in [1.807, 2.05) is 18.2 Å². The average molecular weight is 803 g/mol. The molecule has 5 nitrogen and oxygen atoms in total. The van der Waals surface area contributed by atoms with Crippen molar-refractivity contribution in [2.75, 3.05) is 0 Å². The average Bonchev–Trinajstić information content (AvgIpc) is 3.86. The van der Waals surface area contributed by atoms with Crippen LogP contribution < -0.4 is 4.74 Å². The summed E-state index contributed by atoms with van der Waals surface area (Å²) >= 11 is 0. The van der Waals surface area contributed by atoms with Crippen LogP contribution in [-0.4, -0.2) is 19.1 Å². The molecule has 0 bridgehead atoms. The summed E-state index contributed by atoms with van der Waals surface area (Å²) in [5.74, 6) is 2.29. The molecule has 0 unspecified atom stereocenters. The van der Waals surface area contributed by atoms with Gasteiger partial charge in [0.15, 0.2) is 0 Å². The topological polar surface area (TPSA) is 44.9 Å². The number of benzene rings is 10. The highest BCUT2D eigenvalue weighted by molar-refractivity contribution is 6.26. The fraction of sp³-hybridized carbons (Fsp3) is 0. The lowest BCUT2D eigenvalue weighted by atomic mass is 9.92. The Morgan fingerprint density at radius 2 is 0.984 bits per heavy atom. The largest absolute Gasteiger partial charge is 0.456 e. The van der Waals surface area contributed by atoms with E-state index < -0.39 is 0 Å². The van der Waals surface area contributed by atoms with Gasteiger partial charge in [-0.15, -0.1) is 0 Å². The molecule has 3 aromatic heterocycles. The van der Waals surface area contributed by atoms with Crippen molar-refractivity contribution < 1.29 is 4.74 Å². The summed E-state index contributed by atoms with van der Waals surface area (Å²) in [4.78, 5) is 10.7. The zero-order chi connectivity index (χ0) is 41.2. The van der Waals surface area contributed by atoms with Crippen LogP contribution in [0.5, 0.6) is 11.5 Å². The molecule has 63 heavy (non-hydrogen) atoms. The third-order valence-corrected chi connectivity index (χ3v) is 13.1. The Labute approximate surface area is 361 Å². The normalized spacial score (nSPS) is 12.3. The maximum Gasteiger partial charge on any atom is 0.235 e. The van der Waals surface area contributed by atoms with Crippen LogP contribution in [0.4, 0.5) is 0 Å². The molecule has 1 aliphatic rings. The van der Waals surface area contributed by atoms with Crippen LogP contribution in [0.2, 0.25) is 0 Å². The van der Waals surface area contributed by atoms with Crippen molar-refractivity contribution in [3.8, 4) is 56.6 Å². The molecule has 0 N–H and O–H groups in total. The maximum absolute atomic E-state index is 6.79. The third-order valence-electron chi connectivity index (χ3n) is 13.1. The van der Waals surface area contributed by atoms with Gasteiger partial charge in [-0.25, -0.2) is 9.97 Å². The molecule has 0 radical (unpaired) electrons. The van der Waals surface area contributed by atoms with Crippen molar-refractivity contribution in [1.82, 2.24) is 19.1 Å². The van der Waals surface area contributed by atoms with E-state index in [1.165, 1.54) is 38.1 Å². The monoisotopic (exact) mass is 802 g/mol. The van der Waals surface area contributed by atoms with Gasteiger partial charge in [0.2, 0.25) is 5.95 Å². The molecule has 1 aliphatic heterocycles. The fourth-order valence-corrected chi connectivity index (χ4v) is 10.4. The van der Waals surface area contributed by atoms with Crippen molar-refractivity contribution in [3.63, 3.8) is 0 Å². The first-order valence-corrected chi connectivity index (χ1v) is 21.4. The van der Waals surface area contributed by atoms with Crippen LogP contribution in [0.25, 0.3) is 121 Å². The lowest BCUT2D eigenvalue weighted by Crippen LogP contribution is -2.04. The number of rotatable bonds is 4. The first-order valence-electron chi connectivity index (χ1n) is 21.4. The molecule has 0 saturated carbocycles. The standard InChI is InChI=1S/C58H34N4O/c1-3-15-36(16-4-1)57-43-21-9-11-24-47(43)59-58(60-57)62-49-30-28-38(33-46(49)55-44-23-13-22-42-41-20-10-12-25-52(41)63-53(56(42)44)34-51(55)62)37-27-29-48-45(32-37)54-40-19-8-7-14-35(40)26-31-50(54)61(48)39-17-5-2-6-18-39/h1-34H. The van der Waals surface area contributed by atoms with E-state index in [0.29, 0.717) is 5.95 Å². The van der Waals surface area contributed by atoms with Gasteiger partial charge in [0.1, 0.15) is 11.5 Å². The molecule has 0 spiro atoms. The second kappa shape index (κ2) is 13.0. The summed E-state index contributed by atoms with van der Waals surface area (Å²) in [6.45, 7) is 0. The van der Waals surface area contributed by atoms with E-state index in [0.717, 1.165) is 88.6 Å². The molecule has 13 aromatic rings. The molecule has 0 atom stereocenters. The smallest absolute Gasteiger partial charge is 0.235 e. The van der Waals surface area contributed by atoms with Gasteiger partial charge in [-0.2, -0.15) is 0 Å². The van der Waals surface area contributed by atoms with Gasteiger partial charge in [0, 0.05) is 55.2 Å². The minimum absolute atomic E-state index is 0.612. The molecule has 0 amide bonds. The van der Waals surface area contributed by atoms with Crippen LogP contribution >= 0.6 is 0 Å². The second-order valence-corrected chi connectivity index (χ2v) is 16.5. The molecular weight excluding hydrogens is 769 g/mol. The Kier molecular flexibility index (Phi) is 7.05. The maximum atomic E-state index is 6.79. The fourth-order valence-electron chi connectivity index (χ4n) is 10.4. The summed E-state index contributed by atoms with van der Waals surface area (Å²) in [5, 5.41) is 10.5. The molecule has 14 rings (SSSR count). The van der Waals surface area contributed by atoms with Gasteiger partial charge in [0.05, 0.1) is 33.3 Å². The van der Waals surface area contributed by atoms with Crippen LogP contribution in [-0.2, 0) is 0 Å². The Hall–Kier alpha value is -8.54. The summed E-state index contributed by atoms with van der Waals surface area (Å²) in [6, 6.07) is 73.7. The van der Waals surface area contributed by atoms with Gasteiger partial charge >= 0.3 is 0 Å². The van der Waals surface area contributed by atoms with E-state index >= 15 is 0 Å². The van der Waals surface area contributed by atoms with E-state index in [1.54, 1.807) is 0 Å². The Balaban J connectivity index is 1.07. The Morgan fingerprint density at radius 1 is 0.349 bits per heavy atom. The number of fused-ring (bicyclic) bond motifs is 12. The number of nitrogens with zero attached hydrogens (tertiary/aromatic N) is 4. The van der Waals surface area contributed by atoms with Crippen molar-refractivity contribution >= 4 is 76.1 Å².